The lowest BCUT2D eigenvalue weighted by molar-refractivity contribution is -0.122. The SMILES string of the molecule is CC(CN)c1nc2ccccc2c2c1ncn2OCC(N)=O. The zero-order valence-electron chi connectivity index (χ0n) is 12.2. The number of nitrogens with two attached hydrogens (primary N) is 2. The van der Waals surface area contributed by atoms with Gasteiger partial charge in [0.15, 0.2) is 6.61 Å². The highest BCUT2D eigenvalue weighted by atomic mass is 16.7. The third-order valence-electron chi connectivity index (χ3n) is 3.55. The second-order valence-electron chi connectivity index (χ2n) is 5.16. The smallest absolute Gasteiger partial charge is 0.258 e. The number of hydrogen-bond donors (Lipinski definition) is 2. The van der Waals surface area contributed by atoms with Gasteiger partial charge in [-0.2, -0.15) is 4.73 Å². The zero-order valence-corrected chi connectivity index (χ0v) is 12.2. The van der Waals surface area contributed by atoms with E-state index >= 15 is 0 Å². The van der Waals surface area contributed by atoms with Gasteiger partial charge in [-0.3, -0.25) is 9.78 Å². The molecule has 0 spiro atoms. The Morgan fingerprint density at radius 3 is 2.91 bits per heavy atom. The van der Waals surface area contributed by atoms with Crippen molar-refractivity contribution in [2.75, 3.05) is 13.2 Å². The number of aromatic nitrogens is 3. The Labute approximate surface area is 126 Å². The first kappa shape index (κ1) is 14.3. The summed E-state index contributed by atoms with van der Waals surface area (Å²) in [6.45, 7) is 2.25. The van der Waals surface area contributed by atoms with E-state index in [0.29, 0.717) is 6.54 Å². The Balaban J connectivity index is 2.27. The van der Waals surface area contributed by atoms with E-state index in [9.17, 15) is 4.79 Å². The van der Waals surface area contributed by atoms with E-state index in [-0.39, 0.29) is 12.5 Å². The van der Waals surface area contributed by atoms with Gasteiger partial charge < -0.3 is 16.3 Å². The van der Waals surface area contributed by atoms with Crippen molar-refractivity contribution in [1.29, 1.82) is 0 Å². The second kappa shape index (κ2) is 5.61. The maximum Gasteiger partial charge on any atom is 0.258 e. The predicted octanol–water partition coefficient (Wildman–Crippen LogP) is 0.561. The average Bonchev–Trinajstić information content (AvgIpc) is 2.95. The van der Waals surface area contributed by atoms with Crippen LogP contribution in [-0.2, 0) is 4.79 Å². The fraction of sp³-hybridized carbons (Fsp3) is 0.267. The summed E-state index contributed by atoms with van der Waals surface area (Å²) >= 11 is 0. The summed E-state index contributed by atoms with van der Waals surface area (Å²) < 4.78 is 1.47. The summed E-state index contributed by atoms with van der Waals surface area (Å²) in [5.74, 6) is -0.484. The van der Waals surface area contributed by atoms with Crippen LogP contribution in [0, 0.1) is 0 Å². The fourth-order valence-corrected chi connectivity index (χ4v) is 2.41. The Kier molecular flexibility index (Phi) is 3.64. The first-order chi connectivity index (χ1) is 10.6. The van der Waals surface area contributed by atoms with Crippen LogP contribution >= 0.6 is 0 Å². The molecule has 3 rings (SSSR count). The van der Waals surface area contributed by atoms with E-state index in [0.717, 1.165) is 27.6 Å². The third kappa shape index (κ3) is 2.35. The molecule has 0 aliphatic heterocycles. The highest BCUT2D eigenvalue weighted by Gasteiger charge is 2.18. The van der Waals surface area contributed by atoms with Crippen molar-refractivity contribution in [3.05, 3.63) is 36.3 Å². The summed E-state index contributed by atoms with van der Waals surface area (Å²) in [5.41, 5.74) is 14.1. The molecule has 7 nitrogen and oxygen atoms in total. The van der Waals surface area contributed by atoms with E-state index in [4.69, 9.17) is 16.3 Å². The maximum atomic E-state index is 11.0. The van der Waals surface area contributed by atoms with Gasteiger partial charge in [0.05, 0.1) is 11.2 Å². The molecule has 22 heavy (non-hydrogen) atoms. The molecule has 3 aromatic rings. The van der Waals surface area contributed by atoms with Gasteiger partial charge in [-0.1, -0.05) is 25.1 Å². The number of amides is 1. The molecule has 0 fully saturated rings. The lowest BCUT2D eigenvalue weighted by atomic mass is 10.0. The van der Waals surface area contributed by atoms with E-state index in [1.807, 2.05) is 31.2 Å². The van der Waals surface area contributed by atoms with Crippen molar-refractivity contribution >= 4 is 27.8 Å². The lowest BCUT2D eigenvalue weighted by Crippen LogP contribution is -2.25. The molecule has 0 aliphatic rings. The number of rotatable bonds is 5. The van der Waals surface area contributed by atoms with Crippen molar-refractivity contribution in [2.24, 2.45) is 11.5 Å². The first-order valence-corrected chi connectivity index (χ1v) is 6.99. The van der Waals surface area contributed by atoms with Gasteiger partial charge in [-0.25, -0.2) is 4.98 Å². The molecule has 1 atom stereocenters. The summed E-state index contributed by atoms with van der Waals surface area (Å²) in [6, 6.07) is 7.70. The molecular formula is C15H17N5O2. The Morgan fingerprint density at radius 2 is 2.18 bits per heavy atom. The lowest BCUT2D eigenvalue weighted by Gasteiger charge is -2.12. The number of fused-ring (bicyclic) bond motifs is 3. The number of nitrogens with zero attached hydrogens (tertiary/aromatic N) is 3. The van der Waals surface area contributed by atoms with Crippen LogP contribution in [0.25, 0.3) is 21.9 Å². The van der Waals surface area contributed by atoms with Crippen LogP contribution in [0.3, 0.4) is 0 Å². The number of carbonyl (C=O) groups excluding carboxylic acids is 1. The molecule has 0 saturated carbocycles. The molecule has 0 aliphatic carbocycles. The van der Waals surface area contributed by atoms with Crippen LogP contribution in [0.5, 0.6) is 0 Å². The standard InChI is InChI=1S/C15H17N5O2/c1-9(6-16)13-14-15(10-4-2-3-5-11(10)19-13)20(8-18-14)22-7-12(17)21/h2-5,8-9H,6-7,16H2,1H3,(H2,17,21). The predicted molar refractivity (Wildman–Crippen MR) is 83.1 cm³/mol. The van der Waals surface area contributed by atoms with E-state index < -0.39 is 5.91 Å². The number of carbonyl (C=O) groups is 1. The first-order valence-electron chi connectivity index (χ1n) is 6.99. The fourth-order valence-electron chi connectivity index (χ4n) is 2.41. The number of pyridine rings is 1. The molecule has 1 amide bonds. The summed E-state index contributed by atoms with van der Waals surface area (Å²) in [5, 5.41) is 0.896. The van der Waals surface area contributed by atoms with Gasteiger partial charge in [0.25, 0.3) is 5.91 Å². The Hall–Kier alpha value is -2.67. The van der Waals surface area contributed by atoms with Crippen molar-refractivity contribution in [1.82, 2.24) is 14.7 Å². The highest BCUT2D eigenvalue weighted by Crippen LogP contribution is 2.28. The van der Waals surface area contributed by atoms with Crippen LogP contribution in [0.15, 0.2) is 30.6 Å². The van der Waals surface area contributed by atoms with Gasteiger partial charge in [0.1, 0.15) is 17.4 Å². The maximum absolute atomic E-state index is 11.0. The van der Waals surface area contributed by atoms with Crippen LogP contribution in [0.1, 0.15) is 18.5 Å². The molecule has 2 aromatic heterocycles. The molecular weight excluding hydrogens is 282 g/mol. The van der Waals surface area contributed by atoms with Crippen molar-refractivity contribution < 1.29 is 9.63 Å². The van der Waals surface area contributed by atoms with Crippen LogP contribution in [0.4, 0.5) is 0 Å². The summed E-state index contributed by atoms with van der Waals surface area (Å²) in [4.78, 5) is 25.4. The van der Waals surface area contributed by atoms with Gasteiger partial charge in [0.2, 0.25) is 0 Å². The Bertz CT molecular complexity index is 842. The van der Waals surface area contributed by atoms with Crippen LogP contribution in [0.2, 0.25) is 0 Å². The minimum Gasteiger partial charge on any atom is -0.402 e. The second-order valence-corrected chi connectivity index (χ2v) is 5.16. The van der Waals surface area contributed by atoms with Gasteiger partial charge in [0, 0.05) is 17.8 Å². The molecule has 114 valence electrons. The molecule has 7 heteroatoms. The van der Waals surface area contributed by atoms with Gasteiger partial charge in [-0.15, -0.1) is 0 Å². The minimum atomic E-state index is -0.546. The van der Waals surface area contributed by atoms with Gasteiger partial charge >= 0.3 is 0 Å². The van der Waals surface area contributed by atoms with Crippen LogP contribution in [-0.4, -0.2) is 33.8 Å². The highest BCUT2D eigenvalue weighted by molar-refractivity contribution is 6.03. The van der Waals surface area contributed by atoms with E-state index in [1.165, 1.54) is 11.1 Å². The summed E-state index contributed by atoms with van der Waals surface area (Å²) in [7, 11) is 0. The van der Waals surface area contributed by atoms with E-state index in [1.54, 1.807) is 0 Å². The van der Waals surface area contributed by atoms with Gasteiger partial charge in [-0.05, 0) is 6.07 Å². The zero-order chi connectivity index (χ0) is 15.7. The van der Waals surface area contributed by atoms with Crippen molar-refractivity contribution in [3.63, 3.8) is 0 Å². The molecule has 2 heterocycles. The largest absolute Gasteiger partial charge is 0.402 e. The van der Waals surface area contributed by atoms with Crippen LogP contribution < -0.4 is 16.3 Å². The minimum absolute atomic E-state index is 0.0617. The number of hydrogen-bond acceptors (Lipinski definition) is 5. The number of benzene rings is 1. The van der Waals surface area contributed by atoms with Crippen molar-refractivity contribution in [2.45, 2.75) is 12.8 Å². The molecule has 0 radical (unpaired) electrons. The number of para-hydroxylation sites is 1. The molecule has 0 bridgehead atoms. The average molecular weight is 299 g/mol. The Morgan fingerprint density at radius 1 is 1.41 bits per heavy atom. The molecule has 0 saturated heterocycles. The van der Waals surface area contributed by atoms with Crippen molar-refractivity contribution in [3.8, 4) is 0 Å². The third-order valence-corrected chi connectivity index (χ3v) is 3.55. The molecule has 1 unspecified atom stereocenters. The topological polar surface area (TPSA) is 109 Å². The number of imidazole rings is 1. The normalized spacial score (nSPS) is 12.6. The summed E-state index contributed by atoms with van der Waals surface area (Å²) in [6.07, 6.45) is 1.52. The molecule has 4 N–H and O–H groups in total. The molecule has 1 aromatic carbocycles. The van der Waals surface area contributed by atoms with E-state index in [2.05, 4.69) is 9.97 Å². The number of primary amides is 1. The quantitative estimate of drug-likeness (QED) is 0.715. The monoisotopic (exact) mass is 299 g/mol.